The molecule has 0 bridgehead atoms. The Labute approximate surface area is 158 Å². The van der Waals surface area contributed by atoms with Crippen molar-refractivity contribution in [2.24, 2.45) is 0 Å². The molecule has 0 saturated carbocycles. The van der Waals surface area contributed by atoms with Gasteiger partial charge in [0.2, 0.25) is 0 Å². The Hall–Kier alpha value is -3.00. The highest BCUT2D eigenvalue weighted by Gasteiger charge is 2.30. The third kappa shape index (κ3) is 3.82. The highest BCUT2D eigenvalue weighted by Crippen LogP contribution is 2.30. The van der Waals surface area contributed by atoms with E-state index in [1.54, 1.807) is 12.4 Å². The molecule has 1 N–H and O–H groups in total. The highest BCUT2D eigenvalue weighted by molar-refractivity contribution is 5.56. The maximum Gasteiger partial charge on any atom is 0.416 e. The minimum atomic E-state index is -4.40. The number of rotatable bonds is 3. The summed E-state index contributed by atoms with van der Waals surface area (Å²) < 4.78 is 38.3. The van der Waals surface area contributed by atoms with E-state index in [4.69, 9.17) is 0 Å². The largest absolute Gasteiger partial charge is 0.416 e. The fraction of sp³-hybridized carbons (Fsp3) is 0.250. The zero-order valence-electron chi connectivity index (χ0n) is 14.8. The van der Waals surface area contributed by atoms with Crippen molar-refractivity contribution in [3.05, 3.63) is 81.5 Å². The zero-order valence-corrected chi connectivity index (χ0v) is 14.8. The van der Waals surface area contributed by atoms with Crippen LogP contribution in [0.4, 0.5) is 13.2 Å². The van der Waals surface area contributed by atoms with Crippen LogP contribution in [0.1, 0.15) is 22.4 Å². The van der Waals surface area contributed by atoms with Crippen LogP contribution in [-0.2, 0) is 25.7 Å². The summed E-state index contributed by atoms with van der Waals surface area (Å²) in [6, 6.07) is 8.51. The Kier molecular flexibility index (Phi) is 4.72. The van der Waals surface area contributed by atoms with Gasteiger partial charge in [0.15, 0.2) is 0 Å². The molecule has 0 fully saturated rings. The molecule has 3 aromatic rings. The summed E-state index contributed by atoms with van der Waals surface area (Å²) in [4.78, 5) is 25.9. The summed E-state index contributed by atoms with van der Waals surface area (Å²) in [5.41, 5.74) is 1.90. The second-order valence-corrected chi connectivity index (χ2v) is 6.73. The van der Waals surface area contributed by atoms with Crippen LogP contribution in [0.5, 0.6) is 0 Å². The lowest BCUT2D eigenvalue weighted by atomic mass is 10.0. The molecule has 4 rings (SSSR count). The third-order valence-corrected chi connectivity index (χ3v) is 4.79. The summed E-state index contributed by atoms with van der Waals surface area (Å²) in [5, 5.41) is 0. The van der Waals surface area contributed by atoms with Crippen molar-refractivity contribution in [1.82, 2.24) is 19.9 Å². The molecular formula is C20H17F3N4O. The van der Waals surface area contributed by atoms with Crippen molar-refractivity contribution in [2.45, 2.75) is 25.7 Å². The van der Waals surface area contributed by atoms with Gasteiger partial charge in [-0.1, -0.05) is 12.1 Å². The number of H-pyrrole nitrogens is 1. The van der Waals surface area contributed by atoms with E-state index in [0.717, 1.165) is 24.2 Å². The lowest BCUT2D eigenvalue weighted by Crippen LogP contribution is -2.35. The minimum absolute atomic E-state index is 0.233. The van der Waals surface area contributed by atoms with Crippen LogP contribution < -0.4 is 5.56 Å². The number of nitrogens with one attached hydrogen (secondary N) is 1. The van der Waals surface area contributed by atoms with Gasteiger partial charge in [0.05, 0.1) is 11.3 Å². The molecule has 0 unspecified atom stereocenters. The Morgan fingerprint density at radius 1 is 1.07 bits per heavy atom. The zero-order chi connectivity index (χ0) is 19.7. The normalized spacial score (nSPS) is 14.7. The number of aromatic nitrogens is 3. The molecular weight excluding hydrogens is 369 g/mol. The van der Waals surface area contributed by atoms with Crippen LogP contribution in [-0.4, -0.2) is 26.4 Å². The molecule has 0 radical (unpaired) electrons. The Morgan fingerprint density at radius 3 is 2.46 bits per heavy atom. The van der Waals surface area contributed by atoms with Gasteiger partial charge in [-0.25, -0.2) is 4.98 Å². The van der Waals surface area contributed by atoms with Gasteiger partial charge in [-0.05, 0) is 36.2 Å². The summed E-state index contributed by atoms with van der Waals surface area (Å²) in [6.07, 6.45) is -0.351. The monoisotopic (exact) mass is 386 g/mol. The maximum absolute atomic E-state index is 12.8. The van der Waals surface area contributed by atoms with Crippen molar-refractivity contribution in [3.63, 3.8) is 0 Å². The van der Waals surface area contributed by atoms with Gasteiger partial charge in [0.25, 0.3) is 5.56 Å². The van der Waals surface area contributed by atoms with E-state index in [0.29, 0.717) is 36.3 Å². The topological polar surface area (TPSA) is 61.9 Å². The molecule has 3 heterocycles. The van der Waals surface area contributed by atoms with E-state index in [1.165, 1.54) is 12.1 Å². The molecule has 2 aromatic heterocycles. The number of benzene rings is 1. The number of halogens is 3. The average molecular weight is 386 g/mol. The first-order valence-corrected chi connectivity index (χ1v) is 8.81. The van der Waals surface area contributed by atoms with Gasteiger partial charge in [-0.2, -0.15) is 13.2 Å². The van der Waals surface area contributed by atoms with Gasteiger partial charge in [-0.15, -0.1) is 0 Å². The van der Waals surface area contributed by atoms with E-state index in [-0.39, 0.29) is 11.4 Å². The van der Waals surface area contributed by atoms with Gasteiger partial charge in [0, 0.05) is 43.2 Å². The van der Waals surface area contributed by atoms with E-state index in [1.807, 2.05) is 12.1 Å². The maximum atomic E-state index is 12.8. The second kappa shape index (κ2) is 7.20. The predicted molar refractivity (Wildman–Crippen MR) is 97.4 cm³/mol. The van der Waals surface area contributed by atoms with Crippen LogP contribution in [0.3, 0.4) is 0 Å². The first-order chi connectivity index (χ1) is 13.4. The fourth-order valence-electron chi connectivity index (χ4n) is 3.33. The predicted octanol–water partition coefficient (Wildman–Crippen LogP) is 3.41. The molecule has 0 spiro atoms. The Morgan fingerprint density at radius 2 is 1.79 bits per heavy atom. The first-order valence-electron chi connectivity index (χ1n) is 8.81. The van der Waals surface area contributed by atoms with Gasteiger partial charge in [0.1, 0.15) is 5.82 Å². The third-order valence-electron chi connectivity index (χ3n) is 4.79. The fourth-order valence-corrected chi connectivity index (χ4v) is 3.33. The van der Waals surface area contributed by atoms with Gasteiger partial charge < -0.3 is 4.98 Å². The standard InChI is InChI=1S/C20H17F3N4O/c21-20(22,23)15-3-1-14(2-4-15)18-25-17-12-27(10-7-16(17)19(28)26-18)11-13-5-8-24-9-6-13/h1-6,8-9H,7,10-12H2,(H,25,26,28). The van der Waals surface area contributed by atoms with Gasteiger partial charge >= 0.3 is 6.18 Å². The number of fused-ring (bicyclic) bond motifs is 1. The molecule has 5 nitrogen and oxygen atoms in total. The van der Waals surface area contributed by atoms with E-state index in [2.05, 4.69) is 19.9 Å². The molecule has 0 aliphatic carbocycles. The van der Waals surface area contributed by atoms with Crippen molar-refractivity contribution < 1.29 is 13.2 Å². The molecule has 1 aliphatic rings. The minimum Gasteiger partial charge on any atom is -0.306 e. The molecule has 0 amide bonds. The number of aromatic amines is 1. The first kappa shape index (κ1) is 18.4. The number of hydrogen-bond donors (Lipinski definition) is 1. The Bertz CT molecular complexity index is 1030. The molecule has 0 saturated heterocycles. The molecule has 8 heteroatoms. The van der Waals surface area contributed by atoms with E-state index >= 15 is 0 Å². The van der Waals surface area contributed by atoms with Crippen molar-refractivity contribution in [2.75, 3.05) is 6.54 Å². The van der Waals surface area contributed by atoms with E-state index in [9.17, 15) is 18.0 Å². The van der Waals surface area contributed by atoms with Crippen LogP contribution in [0.25, 0.3) is 11.4 Å². The summed E-state index contributed by atoms with van der Waals surface area (Å²) in [5.74, 6) is 0.281. The summed E-state index contributed by atoms with van der Waals surface area (Å²) in [6.45, 7) is 1.96. The molecule has 144 valence electrons. The van der Waals surface area contributed by atoms with Crippen LogP contribution in [0.2, 0.25) is 0 Å². The molecule has 1 aliphatic heterocycles. The SMILES string of the molecule is O=c1[nH]c(-c2ccc(C(F)(F)F)cc2)nc2c1CCN(Cc1ccncc1)C2. The lowest BCUT2D eigenvalue weighted by molar-refractivity contribution is -0.137. The lowest BCUT2D eigenvalue weighted by Gasteiger charge is -2.27. The molecule has 0 atom stereocenters. The number of pyridine rings is 1. The molecule has 28 heavy (non-hydrogen) atoms. The van der Waals surface area contributed by atoms with Crippen LogP contribution in [0.15, 0.2) is 53.6 Å². The average Bonchev–Trinajstić information content (AvgIpc) is 2.68. The number of alkyl halides is 3. The highest BCUT2D eigenvalue weighted by atomic mass is 19.4. The van der Waals surface area contributed by atoms with Crippen LogP contribution in [0, 0.1) is 0 Å². The van der Waals surface area contributed by atoms with E-state index < -0.39 is 11.7 Å². The number of hydrogen-bond acceptors (Lipinski definition) is 4. The summed E-state index contributed by atoms with van der Waals surface area (Å²) >= 11 is 0. The number of nitrogens with zero attached hydrogens (tertiary/aromatic N) is 3. The van der Waals surface area contributed by atoms with Crippen molar-refractivity contribution >= 4 is 0 Å². The van der Waals surface area contributed by atoms with Crippen molar-refractivity contribution in [3.8, 4) is 11.4 Å². The smallest absolute Gasteiger partial charge is 0.306 e. The van der Waals surface area contributed by atoms with Gasteiger partial charge in [-0.3, -0.25) is 14.7 Å². The second-order valence-electron chi connectivity index (χ2n) is 6.73. The molecule has 1 aromatic carbocycles. The summed E-state index contributed by atoms with van der Waals surface area (Å²) in [7, 11) is 0. The Balaban J connectivity index is 1.60. The quantitative estimate of drug-likeness (QED) is 0.749. The van der Waals surface area contributed by atoms with Crippen LogP contribution >= 0.6 is 0 Å². The van der Waals surface area contributed by atoms with Crippen molar-refractivity contribution in [1.29, 1.82) is 0 Å².